The van der Waals surface area contributed by atoms with Gasteiger partial charge in [-0.2, -0.15) is 0 Å². The maximum atomic E-state index is 13.5. The molecule has 0 radical (unpaired) electrons. The quantitative estimate of drug-likeness (QED) is 0.389. The zero-order chi connectivity index (χ0) is 29.6. The van der Waals surface area contributed by atoms with E-state index in [-0.39, 0.29) is 22.8 Å². The molecule has 3 aliphatic heterocycles. The largest absolute Gasteiger partial charge is 0.492 e. The Labute approximate surface area is 258 Å². The highest BCUT2D eigenvalue weighted by Gasteiger charge is 2.43. The molecule has 1 spiro atoms. The van der Waals surface area contributed by atoms with E-state index in [4.69, 9.17) is 21.1 Å². The van der Waals surface area contributed by atoms with Crippen LogP contribution in [0.15, 0.2) is 65.6 Å². The van der Waals surface area contributed by atoms with E-state index in [0.717, 1.165) is 62.4 Å². The summed E-state index contributed by atoms with van der Waals surface area (Å²) in [6, 6.07) is 18.7. The van der Waals surface area contributed by atoms with Crippen LogP contribution in [-0.4, -0.2) is 64.7 Å². The van der Waals surface area contributed by atoms with Crippen molar-refractivity contribution in [1.29, 1.82) is 0 Å². The van der Waals surface area contributed by atoms with Gasteiger partial charge in [0.1, 0.15) is 18.1 Å². The van der Waals surface area contributed by atoms with E-state index in [9.17, 15) is 13.2 Å². The first-order valence-corrected chi connectivity index (χ1v) is 17.0. The smallest absolute Gasteiger partial charge is 0.264 e. The molecule has 3 aromatic carbocycles. The van der Waals surface area contributed by atoms with Crippen molar-refractivity contribution in [3.63, 3.8) is 0 Å². The molecular formula is C33H36ClN3O5S. The highest BCUT2D eigenvalue weighted by molar-refractivity contribution is 7.90. The highest BCUT2D eigenvalue weighted by Crippen LogP contribution is 2.45. The Bertz CT molecular complexity index is 1660. The molecule has 0 saturated carbocycles. The molecule has 4 bridgehead atoms. The van der Waals surface area contributed by atoms with Crippen LogP contribution in [0.2, 0.25) is 5.02 Å². The average molecular weight is 622 g/mol. The van der Waals surface area contributed by atoms with E-state index in [1.807, 2.05) is 18.2 Å². The number of nitrogens with one attached hydrogen (secondary N) is 1. The lowest BCUT2D eigenvalue weighted by Gasteiger charge is -2.42. The number of ether oxygens (including phenoxy) is 2. The van der Waals surface area contributed by atoms with Gasteiger partial charge in [-0.1, -0.05) is 29.8 Å². The summed E-state index contributed by atoms with van der Waals surface area (Å²) in [5, 5.41) is 0.738. The number of nitrogens with zero attached hydrogens (tertiary/aromatic N) is 2. The standard InChI is InChI=1S/C33H36ClN3O5S/c34-25-8-10-29-24(18-25)5-2-12-33(29)21-37-20-26-6-3-13-36(26)14-15-41-27-7-1-4-23(16-27)17-32(38)35-43(39,40)28-9-11-31(42-22-33)30(37)19-28/h1,4,7-11,16,18-19,26H,2-3,5-6,12-15,17,20-22H2,(H,35,38)/t26?,33-/m0/s1. The summed E-state index contributed by atoms with van der Waals surface area (Å²) in [6.07, 6.45) is 5.05. The number of halogens is 1. The predicted molar refractivity (Wildman–Crippen MR) is 166 cm³/mol. The number of rotatable bonds is 0. The number of anilines is 1. The summed E-state index contributed by atoms with van der Waals surface area (Å²) in [7, 11) is -4.11. The van der Waals surface area contributed by atoms with Crippen molar-refractivity contribution < 1.29 is 22.7 Å². The third kappa shape index (κ3) is 5.70. The van der Waals surface area contributed by atoms with Crippen molar-refractivity contribution in [3.05, 3.63) is 82.4 Å². The van der Waals surface area contributed by atoms with E-state index in [1.54, 1.807) is 24.3 Å². The summed E-state index contributed by atoms with van der Waals surface area (Å²) >= 11 is 6.41. The van der Waals surface area contributed by atoms with Gasteiger partial charge in [-0.15, -0.1) is 0 Å². The molecule has 3 heterocycles. The molecule has 1 unspecified atom stereocenters. The van der Waals surface area contributed by atoms with Crippen molar-refractivity contribution >= 4 is 33.2 Å². The van der Waals surface area contributed by atoms with Crippen molar-refractivity contribution in [1.82, 2.24) is 9.62 Å². The Morgan fingerprint density at radius 2 is 1.91 bits per heavy atom. The second kappa shape index (κ2) is 11.3. The molecule has 226 valence electrons. The molecule has 8 nitrogen and oxygen atoms in total. The van der Waals surface area contributed by atoms with Crippen LogP contribution in [0.1, 0.15) is 42.4 Å². The van der Waals surface area contributed by atoms with E-state index in [2.05, 4.69) is 26.7 Å². The normalized spacial score (nSPS) is 25.4. The predicted octanol–water partition coefficient (Wildman–Crippen LogP) is 4.72. The minimum atomic E-state index is -4.11. The molecule has 1 aliphatic carbocycles. The van der Waals surface area contributed by atoms with E-state index in [0.29, 0.717) is 36.8 Å². The molecule has 10 heteroatoms. The lowest BCUT2D eigenvalue weighted by Crippen LogP contribution is -2.49. The second-order valence-electron chi connectivity index (χ2n) is 12.3. The number of carbonyl (C=O) groups excluding carboxylic acids is 1. The van der Waals surface area contributed by atoms with Crippen LogP contribution in [0.4, 0.5) is 5.69 Å². The molecule has 4 aliphatic rings. The van der Waals surface area contributed by atoms with Crippen LogP contribution >= 0.6 is 11.6 Å². The van der Waals surface area contributed by atoms with Crippen molar-refractivity contribution in [3.8, 4) is 11.5 Å². The monoisotopic (exact) mass is 621 g/mol. The summed E-state index contributed by atoms with van der Waals surface area (Å²) in [6.45, 7) is 4.22. The molecule has 1 fully saturated rings. The molecule has 1 N–H and O–H groups in total. The number of hydrogen-bond acceptors (Lipinski definition) is 7. The Balaban J connectivity index is 1.30. The number of hydrogen-bond donors (Lipinski definition) is 1. The van der Waals surface area contributed by atoms with Gasteiger partial charge >= 0.3 is 0 Å². The fourth-order valence-electron chi connectivity index (χ4n) is 7.37. The molecule has 3 aromatic rings. The van der Waals surface area contributed by atoms with Crippen LogP contribution in [0, 0.1) is 0 Å². The first-order valence-electron chi connectivity index (χ1n) is 15.1. The topological polar surface area (TPSA) is 88.2 Å². The van der Waals surface area contributed by atoms with Gasteiger partial charge in [0.05, 0.1) is 23.6 Å². The third-order valence-corrected chi connectivity index (χ3v) is 11.0. The van der Waals surface area contributed by atoms with Gasteiger partial charge in [0.25, 0.3) is 10.0 Å². The van der Waals surface area contributed by atoms with Crippen LogP contribution < -0.4 is 19.1 Å². The lowest BCUT2D eigenvalue weighted by molar-refractivity contribution is -0.118. The van der Waals surface area contributed by atoms with Gasteiger partial charge in [0, 0.05) is 36.1 Å². The summed E-state index contributed by atoms with van der Waals surface area (Å²) < 4.78 is 41.9. The van der Waals surface area contributed by atoms with Gasteiger partial charge in [-0.3, -0.25) is 9.69 Å². The summed E-state index contributed by atoms with van der Waals surface area (Å²) in [5.41, 5.74) is 3.69. The van der Waals surface area contributed by atoms with Crippen molar-refractivity contribution in [2.45, 2.75) is 54.9 Å². The van der Waals surface area contributed by atoms with E-state index < -0.39 is 15.9 Å². The minimum Gasteiger partial charge on any atom is -0.492 e. The van der Waals surface area contributed by atoms with Crippen molar-refractivity contribution in [2.24, 2.45) is 0 Å². The van der Waals surface area contributed by atoms with Gasteiger partial charge in [0.2, 0.25) is 5.91 Å². The number of amides is 1. The minimum absolute atomic E-state index is 0.0460. The first kappa shape index (κ1) is 28.5. The van der Waals surface area contributed by atoms with Crippen LogP contribution in [0.25, 0.3) is 0 Å². The fourth-order valence-corrected chi connectivity index (χ4v) is 8.57. The molecule has 1 amide bonds. The molecule has 43 heavy (non-hydrogen) atoms. The second-order valence-corrected chi connectivity index (χ2v) is 14.4. The summed E-state index contributed by atoms with van der Waals surface area (Å²) in [4.78, 5) is 17.8. The number of carbonyl (C=O) groups is 1. The Kier molecular flexibility index (Phi) is 7.51. The maximum Gasteiger partial charge on any atom is 0.264 e. The Morgan fingerprint density at radius 3 is 2.81 bits per heavy atom. The van der Waals surface area contributed by atoms with Crippen LogP contribution in [0.5, 0.6) is 11.5 Å². The zero-order valence-electron chi connectivity index (χ0n) is 24.1. The SMILES string of the molecule is O=C1Cc2cccc(c2)OCCN2CCCC2CN2C[C@@]3(CCCc4cc(Cl)ccc43)COc3ccc(cc32)S(=O)(=O)N1. The van der Waals surface area contributed by atoms with Gasteiger partial charge in [0.15, 0.2) is 0 Å². The number of sulfonamides is 1. The van der Waals surface area contributed by atoms with E-state index in [1.165, 1.54) is 17.2 Å². The zero-order valence-corrected chi connectivity index (χ0v) is 25.6. The molecule has 2 atom stereocenters. The van der Waals surface area contributed by atoms with Crippen LogP contribution in [-0.2, 0) is 33.1 Å². The highest BCUT2D eigenvalue weighted by atomic mass is 35.5. The van der Waals surface area contributed by atoms with E-state index >= 15 is 0 Å². The molecule has 7 rings (SSSR count). The van der Waals surface area contributed by atoms with Gasteiger partial charge in [-0.25, -0.2) is 13.1 Å². The molecule has 1 saturated heterocycles. The number of aryl methyl sites for hydroxylation is 1. The number of benzene rings is 3. The Morgan fingerprint density at radius 1 is 1.00 bits per heavy atom. The first-order chi connectivity index (χ1) is 20.8. The Hall–Kier alpha value is -3.27. The van der Waals surface area contributed by atoms with Crippen molar-refractivity contribution in [2.75, 3.05) is 44.3 Å². The summed E-state index contributed by atoms with van der Waals surface area (Å²) in [5.74, 6) is 0.735. The third-order valence-electron chi connectivity index (χ3n) is 9.41. The van der Waals surface area contributed by atoms with Gasteiger partial charge < -0.3 is 14.4 Å². The fraction of sp³-hybridized carbons (Fsp3) is 0.424. The lowest BCUT2D eigenvalue weighted by atomic mass is 9.70. The van der Waals surface area contributed by atoms with Gasteiger partial charge in [-0.05, 0) is 97.8 Å². The molecular weight excluding hydrogens is 586 g/mol. The maximum absolute atomic E-state index is 13.5. The van der Waals surface area contributed by atoms with Crippen LogP contribution in [0.3, 0.4) is 0 Å². The number of fused-ring (bicyclic) bond motifs is 6. The molecule has 0 aromatic heterocycles. The average Bonchev–Trinajstić information content (AvgIpc) is 3.35.